The van der Waals surface area contributed by atoms with Crippen LogP contribution in [0.25, 0.3) is 11.1 Å². The van der Waals surface area contributed by atoms with Crippen molar-refractivity contribution in [1.82, 2.24) is 0 Å². The molecule has 0 spiro atoms. The van der Waals surface area contributed by atoms with Crippen molar-refractivity contribution >= 4 is 5.97 Å². The summed E-state index contributed by atoms with van der Waals surface area (Å²) in [5, 5.41) is 9.64. The summed E-state index contributed by atoms with van der Waals surface area (Å²) < 4.78 is 5.37. The molecule has 3 aromatic rings. The first-order valence-corrected chi connectivity index (χ1v) is 8.20. The monoisotopic (exact) mass is 342 g/mol. The molecule has 1 N–H and O–H groups in total. The van der Waals surface area contributed by atoms with Crippen LogP contribution in [0.5, 0.6) is 5.75 Å². The number of terminal acetylenes is 1. The van der Waals surface area contributed by atoms with E-state index < -0.39 is 12.1 Å². The minimum Gasteiger partial charge on any atom is -0.423 e. The van der Waals surface area contributed by atoms with Crippen molar-refractivity contribution in [3.05, 3.63) is 89.5 Å². The van der Waals surface area contributed by atoms with Gasteiger partial charge in [-0.05, 0) is 47.9 Å². The van der Waals surface area contributed by atoms with Crippen LogP contribution in [0.3, 0.4) is 0 Å². The van der Waals surface area contributed by atoms with Gasteiger partial charge >= 0.3 is 5.97 Å². The van der Waals surface area contributed by atoms with Crippen LogP contribution in [0.2, 0.25) is 0 Å². The molecule has 0 aromatic heterocycles. The van der Waals surface area contributed by atoms with Gasteiger partial charge in [-0.15, -0.1) is 6.42 Å². The molecule has 3 aromatic carbocycles. The highest BCUT2D eigenvalue weighted by Crippen LogP contribution is 2.23. The SMILES string of the molecule is C#CC(O)c1ccc(-c2ccc(C(=O)Oc3ccc(C)cc3)cc2)cc1. The highest BCUT2D eigenvalue weighted by molar-refractivity contribution is 5.91. The van der Waals surface area contributed by atoms with E-state index in [0.717, 1.165) is 16.7 Å². The van der Waals surface area contributed by atoms with E-state index in [1.807, 2.05) is 43.3 Å². The van der Waals surface area contributed by atoms with Crippen molar-refractivity contribution in [1.29, 1.82) is 0 Å². The van der Waals surface area contributed by atoms with E-state index in [9.17, 15) is 9.90 Å². The van der Waals surface area contributed by atoms with Gasteiger partial charge in [-0.2, -0.15) is 0 Å². The number of hydrogen-bond acceptors (Lipinski definition) is 3. The van der Waals surface area contributed by atoms with Gasteiger partial charge < -0.3 is 9.84 Å². The lowest BCUT2D eigenvalue weighted by molar-refractivity contribution is 0.0734. The largest absolute Gasteiger partial charge is 0.423 e. The van der Waals surface area contributed by atoms with Crippen molar-refractivity contribution in [2.75, 3.05) is 0 Å². The molecule has 0 saturated heterocycles. The number of benzene rings is 3. The van der Waals surface area contributed by atoms with E-state index in [1.165, 1.54) is 0 Å². The minimum absolute atomic E-state index is 0.395. The van der Waals surface area contributed by atoms with Crippen molar-refractivity contribution in [2.24, 2.45) is 0 Å². The van der Waals surface area contributed by atoms with Crippen LogP contribution in [0.15, 0.2) is 72.8 Å². The number of ether oxygens (including phenoxy) is 1. The Morgan fingerprint density at radius 2 is 1.46 bits per heavy atom. The molecule has 1 unspecified atom stereocenters. The van der Waals surface area contributed by atoms with Crippen molar-refractivity contribution in [3.8, 4) is 29.2 Å². The summed E-state index contributed by atoms with van der Waals surface area (Å²) in [7, 11) is 0. The highest BCUT2D eigenvalue weighted by Gasteiger charge is 2.09. The molecule has 0 radical (unpaired) electrons. The van der Waals surface area contributed by atoms with Crippen LogP contribution in [0.4, 0.5) is 0 Å². The molecular formula is C23H18O3. The van der Waals surface area contributed by atoms with Gasteiger partial charge in [0.15, 0.2) is 0 Å². The first kappa shape index (κ1) is 17.5. The van der Waals surface area contributed by atoms with Crippen LogP contribution in [0.1, 0.15) is 27.6 Å². The molecule has 128 valence electrons. The number of aliphatic hydroxyl groups excluding tert-OH is 1. The summed E-state index contributed by atoms with van der Waals surface area (Å²) in [4.78, 5) is 12.2. The fourth-order valence-electron chi connectivity index (χ4n) is 2.53. The highest BCUT2D eigenvalue weighted by atomic mass is 16.5. The Kier molecular flexibility index (Phi) is 5.17. The summed E-state index contributed by atoms with van der Waals surface area (Å²) >= 11 is 0. The number of esters is 1. The molecule has 0 heterocycles. The predicted molar refractivity (Wildman–Crippen MR) is 102 cm³/mol. The zero-order chi connectivity index (χ0) is 18.5. The third kappa shape index (κ3) is 4.00. The first-order chi connectivity index (χ1) is 12.6. The number of rotatable bonds is 4. The lowest BCUT2D eigenvalue weighted by atomic mass is 10.0. The lowest BCUT2D eigenvalue weighted by Crippen LogP contribution is -2.08. The Morgan fingerprint density at radius 1 is 0.923 bits per heavy atom. The first-order valence-electron chi connectivity index (χ1n) is 8.20. The maximum atomic E-state index is 12.2. The maximum absolute atomic E-state index is 12.2. The summed E-state index contributed by atoms with van der Waals surface area (Å²) in [6, 6.07) is 21.9. The average Bonchev–Trinajstić information content (AvgIpc) is 2.69. The summed E-state index contributed by atoms with van der Waals surface area (Å²) in [6.07, 6.45) is 4.32. The fraction of sp³-hybridized carbons (Fsp3) is 0.0870. The van der Waals surface area contributed by atoms with Gasteiger partial charge in [-0.25, -0.2) is 4.79 Å². The second kappa shape index (κ2) is 7.69. The molecule has 3 heteroatoms. The Balaban J connectivity index is 1.72. The Morgan fingerprint density at radius 3 is 2.00 bits per heavy atom. The molecule has 0 aliphatic rings. The van der Waals surface area contributed by atoms with Gasteiger partial charge in [0.05, 0.1) is 5.56 Å². The Labute approximate surface area is 152 Å². The molecule has 3 nitrogen and oxygen atoms in total. The Hall–Kier alpha value is -3.35. The number of carbonyl (C=O) groups is 1. The lowest BCUT2D eigenvalue weighted by Gasteiger charge is -2.08. The average molecular weight is 342 g/mol. The van der Waals surface area contributed by atoms with Crippen LogP contribution < -0.4 is 4.74 Å². The summed E-state index contributed by atoms with van der Waals surface area (Å²) in [5.74, 6) is 2.41. The molecule has 0 aliphatic heterocycles. The predicted octanol–water partition coefficient (Wildman–Crippen LogP) is 4.55. The smallest absolute Gasteiger partial charge is 0.343 e. The van der Waals surface area contributed by atoms with Crippen LogP contribution in [-0.4, -0.2) is 11.1 Å². The van der Waals surface area contributed by atoms with Gasteiger partial charge in [-0.3, -0.25) is 0 Å². The van der Waals surface area contributed by atoms with Gasteiger partial charge in [0, 0.05) is 0 Å². The van der Waals surface area contributed by atoms with Crippen molar-refractivity contribution in [3.63, 3.8) is 0 Å². The topological polar surface area (TPSA) is 46.5 Å². The molecule has 0 bridgehead atoms. The van der Waals surface area contributed by atoms with Crippen molar-refractivity contribution in [2.45, 2.75) is 13.0 Å². The van der Waals surface area contributed by atoms with E-state index in [-0.39, 0.29) is 0 Å². The van der Waals surface area contributed by atoms with E-state index in [1.54, 1.807) is 36.4 Å². The minimum atomic E-state index is -0.900. The van der Waals surface area contributed by atoms with Gasteiger partial charge in [0.1, 0.15) is 11.9 Å². The van der Waals surface area contributed by atoms with E-state index in [4.69, 9.17) is 11.2 Å². The quantitative estimate of drug-likeness (QED) is 0.430. The van der Waals surface area contributed by atoms with E-state index in [0.29, 0.717) is 16.9 Å². The zero-order valence-electron chi connectivity index (χ0n) is 14.3. The molecule has 26 heavy (non-hydrogen) atoms. The molecular weight excluding hydrogens is 324 g/mol. The van der Waals surface area contributed by atoms with Gasteiger partial charge in [-0.1, -0.05) is 60.0 Å². The Bertz CT molecular complexity index is 931. The summed E-state index contributed by atoms with van der Waals surface area (Å²) in [5.41, 5.74) is 4.19. The normalized spacial score (nSPS) is 11.4. The zero-order valence-corrected chi connectivity index (χ0v) is 14.3. The molecule has 0 saturated carbocycles. The molecule has 0 fully saturated rings. The molecule has 0 amide bonds. The van der Waals surface area contributed by atoms with E-state index in [2.05, 4.69) is 5.92 Å². The maximum Gasteiger partial charge on any atom is 0.343 e. The van der Waals surface area contributed by atoms with Gasteiger partial charge in [0.25, 0.3) is 0 Å². The third-order valence-electron chi connectivity index (χ3n) is 4.07. The second-order valence-electron chi connectivity index (χ2n) is 5.97. The number of aryl methyl sites for hydroxylation is 1. The molecule has 0 aliphatic carbocycles. The fourth-order valence-corrected chi connectivity index (χ4v) is 2.53. The van der Waals surface area contributed by atoms with Crippen LogP contribution in [0, 0.1) is 19.3 Å². The van der Waals surface area contributed by atoms with Crippen LogP contribution in [-0.2, 0) is 0 Å². The van der Waals surface area contributed by atoms with Crippen LogP contribution >= 0.6 is 0 Å². The number of carbonyl (C=O) groups excluding carboxylic acids is 1. The standard InChI is InChI=1S/C23H18O3/c1-3-22(24)19-10-6-17(7-11-19)18-8-12-20(13-9-18)23(25)26-21-14-4-16(2)5-15-21/h1,4-15,22,24H,2H3. The van der Waals surface area contributed by atoms with Gasteiger partial charge in [0.2, 0.25) is 0 Å². The number of hydrogen-bond donors (Lipinski definition) is 1. The molecule has 1 atom stereocenters. The number of aliphatic hydroxyl groups is 1. The second-order valence-corrected chi connectivity index (χ2v) is 5.97. The summed E-state index contributed by atoms with van der Waals surface area (Å²) in [6.45, 7) is 1.98. The molecule has 3 rings (SSSR count). The third-order valence-corrected chi connectivity index (χ3v) is 4.07. The van der Waals surface area contributed by atoms with Crippen molar-refractivity contribution < 1.29 is 14.6 Å². The van der Waals surface area contributed by atoms with E-state index >= 15 is 0 Å².